The molecule has 1 aliphatic carbocycles. The largest absolute Gasteiger partial charge is 0.466 e. The lowest BCUT2D eigenvalue weighted by Crippen LogP contribution is -2.36. The molecule has 0 saturated heterocycles. The van der Waals surface area contributed by atoms with Gasteiger partial charge in [-0.05, 0) is 30.5 Å². The van der Waals surface area contributed by atoms with Gasteiger partial charge in [-0.25, -0.2) is 0 Å². The molecule has 3 rings (SSSR count). The van der Waals surface area contributed by atoms with Crippen LogP contribution in [0.3, 0.4) is 0 Å². The van der Waals surface area contributed by atoms with E-state index >= 15 is 0 Å². The van der Waals surface area contributed by atoms with Gasteiger partial charge in [0.05, 0.1) is 6.26 Å². The maximum Gasteiger partial charge on any atom is 0.135 e. The van der Waals surface area contributed by atoms with Crippen LogP contribution in [0.25, 0.3) is 0 Å². The van der Waals surface area contributed by atoms with E-state index < -0.39 is 5.60 Å². The highest BCUT2D eigenvalue weighted by molar-refractivity contribution is 5.27. The Morgan fingerprint density at radius 1 is 1.06 bits per heavy atom. The lowest BCUT2D eigenvalue weighted by Gasteiger charge is -2.38. The van der Waals surface area contributed by atoms with Gasteiger partial charge < -0.3 is 9.52 Å². The van der Waals surface area contributed by atoms with Gasteiger partial charge in [-0.1, -0.05) is 43.2 Å². The Hall–Kier alpha value is -1.54. The zero-order valence-electron chi connectivity index (χ0n) is 10.4. The summed E-state index contributed by atoms with van der Waals surface area (Å²) in [5.74, 6) is 0.842. The number of benzene rings is 1. The van der Waals surface area contributed by atoms with E-state index in [2.05, 4.69) is 12.1 Å². The van der Waals surface area contributed by atoms with Gasteiger partial charge in [0.15, 0.2) is 0 Å². The minimum atomic E-state index is -0.844. The van der Waals surface area contributed by atoms with Crippen molar-refractivity contribution in [3.05, 3.63) is 60.1 Å². The summed E-state index contributed by atoms with van der Waals surface area (Å²) in [5.41, 5.74) is 0.361. The van der Waals surface area contributed by atoms with Crippen molar-refractivity contribution >= 4 is 0 Å². The second kappa shape index (κ2) is 4.62. The lowest BCUT2D eigenvalue weighted by atomic mass is 9.71. The monoisotopic (exact) mass is 242 g/mol. The fraction of sp³-hybridized carbons (Fsp3) is 0.375. The van der Waals surface area contributed by atoms with E-state index in [9.17, 15) is 5.11 Å². The maximum absolute atomic E-state index is 11.1. The minimum Gasteiger partial charge on any atom is -0.466 e. The molecule has 94 valence electrons. The van der Waals surface area contributed by atoms with E-state index in [1.807, 2.05) is 30.3 Å². The van der Waals surface area contributed by atoms with Crippen LogP contribution in [0, 0.1) is 0 Å². The van der Waals surface area contributed by atoms with Gasteiger partial charge in [0.25, 0.3) is 0 Å². The van der Waals surface area contributed by atoms with Gasteiger partial charge in [-0.3, -0.25) is 0 Å². The molecule has 0 aliphatic heterocycles. The molecule has 1 aromatic carbocycles. The second-order valence-corrected chi connectivity index (χ2v) is 5.11. The molecule has 2 atom stereocenters. The van der Waals surface area contributed by atoms with E-state index in [1.54, 1.807) is 6.26 Å². The summed E-state index contributed by atoms with van der Waals surface area (Å²) in [5, 5.41) is 11.1. The number of hydrogen-bond acceptors (Lipinski definition) is 2. The molecule has 1 aliphatic rings. The second-order valence-electron chi connectivity index (χ2n) is 5.11. The first-order valence-corrected chi connectivity index (χ1v) is 6.62. The molecule has 18 heavy (non-hydrogen) atoms. The van der Waals surface area contributed by atoms with Crippen LogP contribution in [0.5, 0.6) is 0 Å². The van der Waals surface area contributed by atoms with Crippen molar-refractivity contribution in [2.45, 2.75) is 37.2 Å². The third kappa shape index (κ3) is 1.87. The fourth-order valence-electron chi connectivity index (χ4n) is 3.10. The Bertz CT molecular complexity index is 489. The van der Waals surface area contributed by atoms with Crippen LogP contribution in [0.15, 0.2) is 53.1 Å². The van der Waals surface area contributed by atoms with Crippen LogP contribution in [-0.2, 0) is 5.60 Å². The van der Waals surface area contributed by atoms with Crippen molar-refractivity contribution in [1.29, 1.82) is 0 Å². The molecule has 2 heteroatoms. The average molecular weight is 242 g/mol. The van der Waals surface area contributed by atoms with Crippen molar-refractivity contribution in [3.8, 4) is 0 Å². The van der Waals surface area contributed by atoms with Crippen molar-refractivity contribution in [2.24, 2.45) is 0 Å². The Kier molecular flexibility index (Phi) is 2.96. The summed E-state index contributed by atoms with van der Waals surface area (Å²) in [4.78, 5) is 0. The number of aliphatic hydroxyl groups is 1. The highest BCUT2D eigenvalue weighted by atomic mass is 16.4. The highest BCUT2D eigenvalue weighted by Crippen LogP contribution is 2.47. The van der Waals surface area contributed by atoms with E-state index in [0.717, 1.165) is 19.3 Å². The first kappa shape index (κ1) is 11.5. The SMILES string of the molecule is O[C@@]1(c2ccco2)CCCC[C@H]1c1ccccc1. The first-order chi connectivity index (χ1) is 8.81. The van der Waals surface area contributed by atoms with Crippen LogP contribution < -0.4 is 0 Å². The normalized spacial score (nSPS) is 28.2. The average Bonchev–Trinajstić information content (AvgIpc) is 2.95. The summed E-state index contributed by atoms with van der Waals surface area (Å²) >= 11 is 0. The zero-order chi connectivity index (χ0) is 12.4. The molecule has 0 bridgehead atoms. The lowest BCUT2D eigenvalue weighted by molar-refractivity contribution is -0.0403. The molecule has 2 aromatic rings. The molecular formula is C16H18O2. The number of hydrogen-bond donors (Lipinski definition) is 1. The molecule has 0 radical (unpaired) electrons. The molecule has 2 nitrogen and oxygen atoms in total. The summed E-state index contributed by atoms with van der Waals surface area (Å²) in [6.07, 6.45) is 5.66. The molecule has 1 N–H and O–H groups in total. The van der Waals surface area contributed by atoms with Crippen LogP contribution in [0.2, 0.25) is 0 Å². The third-order valence-corrected chi connectivity index (χ3v) is 4.03. The predicted molar refractivity (Wildman–Crippen MR) is 70.3 cm³/mol. The van der Waals surface area contributed by atoms with Gasteiger partial charge in [0.1, 0.15) is 11.4 Å². The summed E-state index contributed by atoms with van der Waals surface area (Å²) in [6, 6.07) is 14.0. The van der Waals surface area contributed by atoms with Gasteiger partial charge in [0, 0.05) is 5.92 Å². The van der Waals surface area contributed by atoms with Crippen molar-refractivity contribution in [3.63, 3.8) is 0 Å². The molecule has 1 heterocycles. The quantitative estimate of drug-likeness (QED) is 0.868. The van der Waals surface area contributed by atoms with Gasteiger partial charge in [-0.15, -0.1) is 0 Å². The summed E-state index contributed by atoms with van der Waals surface area (Å²) in [6.45, 7) is 0. The summed E-state index contributed by atoms with van der Waals surface area (Å²) < 4.78 is 5.48. The van der Waals surface area contributed by atoms with Crippen molar-refractivity contribution < 1.29 is 9.52 Å². The van der Waals surface area contributed by atoms with Crippen molar-refractivity contribution in [2.75, 3.05) is 0 Å². The first-order valence-electron chi connectivity index (χ1n) is 6.62. The Morgan fingerprint density at radius 2 is 1.89 bits per heavy atom. The van der Waals surface area contributed by atoms with Crippen LogP contribution in [0.4, 0.5) is 0 Å². The van der Waals surface area contributed by atoms with E-state index in [0.29, 0.717) is 5.76 Å². The number of furan rings is 1. The van der Waals surface area contributed by atoms with Crippen molar-refractivity contribution in [1.82, 2.24) is 0 Å². The molecule has 1 fully saturated rings. The molecule has 1 aromatic heterocycles. The minimum absolute atomic E-state index is 0.138. The molecule has 0 amide bonds. The molecule has 0 spiro atoms. The topological polar surface area (TPSA) is 33.4 Å². The van der Waals surface area contributed by atoms with Crippen LogP contribution in [0.1, 0.15) is 42.9 Å². The Morgan fingerprint density at radius 3 is 2.61 bits per heavy atom. The van der Waals surface area contributed by atoms with E-state index in [4.69, 9.17) is 4.42 Å². The Labute approximate surface area is 107 Å². The van der Waals surface area contributed by atoms with Gasteiger partial charge >= 0.3 is 0 Å². The highest BCUT2D eigenvalue weighted by Gasteiger charge is 2.43. The van der Waals surface area contributed by atoms with Crippen LogP contribution in [-0.4, -0.2) is 5.11 Å². The Balaban J connectivity index is 2.01. The maximum atomic E-state index is 11.1. The van der Waals surface area contributed by atoms with E-state index in [1.165, 1.54) is 12.0 Å². The fourth-order valence-corrected chi connectivity index (χ4v) is 3.10. The van der Waals surface area contributed by atoms with Gasteiger partial charge in [-0.2, -0.15) is 0 Å². The smallest absolute Gasteiger partial charge is 0.135 e. The predicted octanol–water partition coefficient (Wildman–Crippen LogP) is 3.83. The standard InChI is InChI=1S/C16H18O2/c17-16(15-10-6-12-18-15)11-5-4-9-14(16)13-7-2-1-3-8-13/h1-3,6-8,10,12,14,17H,4-5,9,11H2/t14-,16-/m0/s1. The zero-order valence-corrected chi connectivity index (χ0v) is 10.4. The summed E-state index contributed by atoms with van der Waals surface area (Å²) in [7, 11) is 0. The van der Waals surface area contributed by atoms with E-state index in [-0.39, 0.29) is 5.92 Å². The van der Waals surface area contributed by atoms with Gasteiger partial charge in [0.2, 0.25) is 0 Å². The molecule has 1 saturated carbocycles. The third-order valence-electron chi connectivity index (χ3n) is 4.03. The molecule has 0 unspecified atom stereocenters. The number of rotatable bonds is 2. The van der Waals surface area contributed by atoms with Crippen LogP contribution >= 0.6 is 0 Å². The molecular weight excluding hydrogens is 224 g/mol.